The summed E-state index contributed by atoms with van der Waals surface area (Å²) in [7, 11) is 1.47. The SMILES string of the molecule is CNc1nccc(C(=O)NCc2cc(F)ccc2F)c1F. The Hall–Kier alpha value is -2.57. The number of carbonyl (C=O) groups is 1. The number of rotatable bonds is 4. The molecule has 0 unspecified atom stereocenters. The van der Waals surface area contributed by atoms with E-state index in [1.165, 1.54) is 19.3 Å². The van der Waals surface area contributed by atoms with Crippen LogP contribution in [0.3, 0.4) is 0 Å². The number of hydrogen-bond donors (Lipinski definition) is 2. The molecular formula is C14H12F3N3O. The minimum Gasteiger partial charge on any atom is -0.371 e. The van der Waals surface area contributed by atoms with E-state index in [0.29, 0.717) is 0 Å². The second-order valence-corrected chi connectivity index (χ2v) is 4.19. The molecule has 0 bridgehead atoms. The Morgan fingerprint density at radius 3 is 2.71 bits per heavy atom. The number of amides is 1. The summed E-state index contributed by atoms with van der Waals surface area (Å²) in [5.74, 6) is -2.89. The normalized spacial score (nSPS) is 10.3. The highest BCUT2D eigenvalue weighted by Gasteiger charge is 2.15. The van der Waals surface area contributed by atoms with E-state index in [1.54, 1.807) is 0 Å². The molecule has 0 saturated carbocycles. The third-order valence-corrected chi connectivity index (χ3v) is 2.82. The zero-order chi connectivity index (χ0) is 15.4. The standard InChI is InChI=1S/C14H12F3N3O/c1-18-13-12(17)10(4-5-19-13)14(21)20-7-8-6-9(15)2-3-11(8)16/h2-6H,7H2,1H3,(H,18,19)(H,20,21). The van der Waals surface area contributed by atoms with Crippen LogP contribution >= 0.6 is 0 Å². The molecule has 1 aromatic heterocycles. The molecule has 0 spiro atoms. The van der Waals surface area contributed by atoms with Gasteiger partial charge in [-0.25, -0.2) is 18.2 Å². The van der Waals surface area contributed by atoms with Crippen molar-refractivity contribution >= 4 is 11.7 Å². The molecule has 0 atom stereocenters. The van der Waals surface area contributed by atoms with Crippen LogP contribution in [0.25, 0.3) is 0 Å². The third-order valence-electron chi connectivity index (χ3n) is 2.82. The van der Waals surface area contributed by atoms with Gasteiger partial charge in [0, 0.05) is 25.4 Å². The van der Waals surface area contributed by atoms with E-state index >= 15 is 0 Å². The summed E-state index contributed by atoms with van der Waals surface area (Å²) in [6.07, 6.45) is 1.27. The fourth-order valence-electron chi connectivity index (χ4n) is 1.74. The van der Waals surface area contributed by atoms with E-state index in [9.17, 15) is 18.0 Å². The van der Waals surface area contributed by atoms with Crippen LogP contribution in [0.2, 0.25) is 0 Å². The van der Waals surface area contributed by atoms with Gasteiger partial charge in [-0.1, -0.05) is 0 Å². The van der Waals surface area contributed by atoms with Gasteiger partial charge in [-0.2, -0.15) is 0 Å². The quantitative estimate of drug-likeness (QED) is 0.911. The average Bonchev–Trinajstić information content (AvgIpc) is 2.48. The van der Waals surface area contributed by atoms with Crippen molar-refractivity contribution in [2.75, 3.05) is 12.4 Å². The maximum Gasteiger partial charge on any atom is 0.254 e. The number of nitrogens with zero attached hydrogens (tertiary/aromatic N) is 1. The van der Waals surface area contributed by atoms with Gasteiger partial charge in [0.1, 0.15) is 11.6 Å². The van der Waals surface area contributed by atoms with Crippen molar-refractivity contribution < 1.29 is 18.0 Å². The highest BCUT2D eigenvalue weighted by molar-refractivity contribution is 5.95. The number of pyridine rings is 1. The maximum atomic E-state index is 13.9. The van der Waals surface area contributed by atoms with Gasteiger partial charge in [0.15, 0.2) is 11.6 Å². The molecule has 2 N–H and O–H groups in total. The molecule has 7 heteroatoms. The van der Waals surface area contributed by atoms with Crippen molar-refractivity contribution in [2.24, 2.45) is 0 Å². The predicted molar refractivity (Wildman–Crippen MR) is 71.3 cm³/mol. The maximum absolute atomic E-state index is 13.9. The minimum atomic E-state index is -0.808. The smallest absolute Gasteiger partial charge is 0.254 e. The molecular weight excluding hydrogens is 283 g/mol. The summed E-state index contributed by atoms with van der Waals surface area (Å²) in [6, 6.07) is 4.11. The topological polar surface area (TPSA) is 54.0 Å². The van der Waals surface area contributed by atoms with Gasteiger partial charge in [0.25, 0.3) is 5.91 Å². The Balaban J connectivity index is 2.14. The van der Waals surface area contributed by atoms with Crippen LogP contribution in [0.1, 0.15) is 15.9 Å². The summed E-state index contributed by atoms with van der Waals surface area (Å²) in [5, 5.41) is 4.84. The van der Waals surface area contributed by atoms with Crippen LogP contribution in [0, 0.1) is 17.5 Å². The first-order valence-electron chi connectivity index (χ1n) is 6.07. The first kappa shape index (κ1) is 14.8. The molecule has 4 nitrogen and oxygen atoms in total. The van der Waals surface area contributed by atoms with Gasteiger partial charge in [0.05, 0.1) is 5.56 Å². The van der Waals surface area contributed by atoms with Gasteiger partial charge in [-0.3, -0.25) is 4.79 Å². The van der Waals surface area contributed by atoms with Gasteiger partial charge in [-0.05, 0) is 24.3 Å². The largest absolute Gasteiger partial charge is 0.371 e. The van der Waals surface area contributed by atoms with Crippen LogP contribution in [0.15, 0.2) is 30.5 Å². The lowest BCUT2D eigenvalue weighted by Gasteiger charge is -2.09. The molecule has 1 aromatic carbocycles. The van der Waals surface area contributed by atoms with E-state index in [2.05, 4.69) is 15.6 Å². The molecule has 0 aliphatic heterocycles. The Morgan fingerprint density at radius 2 is 2.00 bits per heavy atom. The average molecular weight is 295 g/mol. The fourth-order valence-corrected chi connectivity index (χ4v) is 1.74. The second-order valence-electron chi connectivity index (χ2n) is 4.19. The van der Waals surface area contributed by atoms with Crippen molar-refractivity contribution in [1.82, 2.24) is 10.3 Å². The number of hydrogen-bond acceptors (Lipinski definition) is 3. The van der Waals surface area contributed by atoms with Crippen LogP contribution in [-0.4, -0.2) is 17.9 Å². The fraction of sp³-hybridized carbons (Fsp3) is 0.143. The van der Waals surface area contributed by atoms with Crippen LogP contribution in [0.5, 0.6) is 0 Å². The van der Waals surface area contributed by atoms with Crippen molar-refractivity contribution in [3.05, 3.63) is 59.0 Å². The van der Waals surface area contributed by atoms with Gasteiger partial charge >= 0.3 is 0 Å². The number of nitrogens with one attached hydrogen (secondary N) is 2. The number of halogens is 3. The molecule has 1 amide bonds. The summed E-state index contributed by atoms with van der Waals surface area (Å²) in [4.78, 5) is 15.6. The number of anilines is 1. The van der Waals surface area contributed by atoms with Crippen LogP contribution in [0.4, 0.5) is 19.0 Å². The molecule has 1 heterocycles. The summed E-state index contributed by atoms with van der Waals surface area (Å²) in [6.45, 7) is -0.251. The molecule has 0 radical (unpaired) electrons. The number of benzene rings is 1. The second kappa shape index (κ2) is 6.25. The van der Waals surface area contributed by atoms with E-state index < -0.39 is 23.4 Å². The molecule has 0 fully saturated rings. The Kier molecular flexibility index (Phi) is 4.42. The summed E-state index contributed by atoms with van der Waals surface area (Å²) in [5.41, 5.74) is -0.252. The third kappa shape index (κ3) is 3.31. The lowest BCUT2D eigenvalue weighted by Crippen LogP contribution is -2.25. The first-order chi connectivity index (χ1) is 10.0. The van der Waals surface area contributed by atoms with Crippen LogP contribution < -0.4 is 10.6 Å². The van der Waals surface area contributed by atoms with Gasteiger partial charge in [0.2, 0.25) is 0 Å². The number of carbonyl (C=O) groups excluding carboxylic acids is 1. The molecule has 2 rings (SSSR count). The zero-order valence-corrected chi connectivity index (χ0v) is 11.1. The molecule has 0 saturated heterocycles. The Labute approximate surface area is 119 Å². The molecule has 110 valence electrons. The lowest BCUT2D eigenvalue weighted by atomic mass is 10.2. The van der Waals surface area contributed by atoms with Crippen molar-refractivity contribution in [2.45, 2.75) is 6.54 Å². The Bertz CT molecular complexity index is 677. The first-order valence-corrected chi connectivity index (χ1v) is 6.07. The summed E-state index contributed by atoms with van der Waals surface area (Å²) >= 11 is 0. The minimum absolute atomic E-state index is 0.0216. The number of aromatic nitrogens is 1. The zero-order valence-electron chi connectivity index (χ0n) is 11.1. The monoisotopic (exact) mass is 295 g/mol. The van der Waals surface area contributed by atoms with Gasteiger partial charge in [-0.15, -0.1) is 0 Å². The molecule has 0 aliphatic rings. The highest BCUT2D eigenvalue weighted by atomic mass is 19.1. The van der Waals surface area contributed by atoms with Crippen molar-refractivity contribution in [3.8, 4) is 0 Å². The molecule has 2 aromatic rings. The highest BCUT2D eigenvalue weighted by Crippen LogP contribution is 2.15. The van der Waals surface area contributed by atoms with Gasteiger partial charge < -0.3 is 10.6 Å². The van der Waals surface area contributed by atoms with E-state index in [0.717, 1.165) is 18.2 Å². The van der Waals surface area contributed by atoms with E-state index in [1.807, 2.05) is 0 Å². The predicted octanol–water partition coefficient (Wildman–Crippen LogP) is 2.47. The van der Waals surface area contributed by atoms with Crippen molar-refractivity contribution in [3.63, 3.8) is 0 Å². The molecule has 0 aliphatic carbocycles. The lowest BCUT2D eigenvalue weighted by molar-refractivity contribution is 0.0946. The molecule has 21 heavy (non-hydrogen) atoms. The van der Waals surface area contributed by atoms with Crippen LogP contribution in [-0.2, 0) is 6.54 Å². The van der Waals surface area contributed by atoms with Crippen molar-refractivity contribution in [1.29, 1.82) is 0 Å². The van der Waals surface area contributed by atoms with E-state index in [4.69, 9.17) is 0 Å². The summed E-state index contributed by atoms with van der Waals surface area (Å²) < 4.78 is 40.3. The van der Waals surface area contributed by atoms with E-state index in [-0.39, 0.29) is 23.5 Å². The Morgan fingerprint density at radius 1 is 1.24 bits per heavy atom.